The summed E-state index contributed by atoms with van der Waals surface area (Å²) in [4.78, 5) is 14.6. The van der Waals surface area contributed by atoms with Crippen LogP contribution in [-0.2, 0) is 4.74 Å². The number of morpholine rings is 1. The van der Waals surface area contributed by atoms with E-state index < -0.39 is 0 Å². The van der Waals surface area contributed by atoms with Gasteiger partial charge in [-0.25, -0.2) is 0 Å². The number of carbonyl (C=O) groups is 1. The number of aromatic nitrogens is 2. The third-order valence-electron chi connectivity index (χ3n) is 3.90. The van der Waals surface area contributed by atoms with Crippen molar-refractivity contribution in [2.24, 2.45) is 0 Å². The van der Waals surface area contributed by atoms with Crippen LogP contribution in [0.15, 0.2) is 0 Å². The molecular weight excluding hydrogens is 256 g/mol. The van der Waals surface area contributed by atoms with Crippen molar-refractivity contribution >= 4 is 5.91 Å². The number of carbonyl (C=O) groups excluding carboxylic acids is 1. The van der Waals surface area contributed by atoms with Crippen LogP contribution in [0.1, 0.15) is 35.6 Å². The minimum atomic E-state index is -0.0784. The van der Waals surface area contributed by atoms with E-state index in [0.29, 0.717) is 12.1 Å². The van der Waals surface area contributed by atoms with Crippen molar-refractivity contribution in [3.63, 3.8) is 0 Å². The van der Waals surface area contributed by atoms with E-state index in [9.17, 15) is 4.79 Å². The molecule has 1 aliphatic heterocycles. The first kappa shape index (κ1) is 15.0. The van der Waals surface area contributed by atoms with Crippen LogP contribution in [-0.4, -0.2) is 59.4 Å². The Kier molecular flexibility index (Phi) is 4.45. The SMILES string of the molecule is Cc1n[nH]c(C)c1C(=O)NCC(C)(C)N1CCOCC1. The molecule has 0 radical (unpaired) electrons. The van der Waals surface area contributed by atoms with Crippen molar-refractivity contribution in [3.8, 4) is 0 Å². The van der Waals surface area contributed by atoms with Crippen LogP contribution in [0.25, 0.3) is 0 Å². The first-order chi connectivity index (χ1) is 9.42. The predicted molar refractivity (Wildman–Crippen MR) is 76.9 cm³/mol. The molecule has 2 N–H and O–H groups in total. The fourth-order valence-electron chi connectivity index (χ4n) is 2.55. The summed E-state index contributed by atoms with van der Waals surface area (Å²) in [6.45, 7) is 11.9. The van der Waals surface area contributed by atoms with Gasteiger partial charge in [0.15, 0.2) is 0 Å². The fourth-order valence-corrected chi connectivity index (χ4v) is 2.55. The Morgan fingerprint density at radius 2 is 2.05 bits per heavy atom. The molecular formula is C14H24N4O2. The van der Waals surface area contributed by atoms with E-state index in [1.807, 2.05) is 13.8 Å². The van der Waals surface area contributed by atoms with Crippen molar-refractivity contribution in [1.82, 2.24) is 20.4 Å². The van der Waals surface area contributed by atoms with Gasteiger partial charge in [0.05, 0.1) is 24.5 Å². The summed E-state index contributed by atoms with van der Waals surface area (Å²) < 4.78 is 5.37. The van der Waals surface area contributed by atoms with Gasteiger partial charge in [-0.15, -0.1) is 0 Å². The number of aryl methyl sites for hydroxylation is 2. The molecule has 1 aliphatic rings. The van der Waals surface area contributed by atoms with Crippen molar-refractivity contribution in [2.45, 2.75) is 33.2 Å². The third-order valence-corrected chi connectivity index (χ3v) is 3.90. The maximum Gasteiger partial charge on any atom is 0.255 e. The fraction of sp³-hybridized carbons (Fsp3) is 0.714. The number of nitrogens with zero attached hydrogens (tertiary/aromatic N) is 2. The summed E-state index contributed by atoms with van der Waals surface area (Å²) in [6.07, 6.45) is 0. The zero-order chi connectivity index (χ0) is 14.8. The third kappa shape index (κ3) is 3.19. The van der Waals surface area contributed by atoms with Gasteiger partial charge in [0.1, 0.15) is 0 Å². The van der Waals surface area contributed by atoms with Crippen molar-refractivity contribution in [1.29, 1.82) is 0 Å². The lowest BCUT2D eigenvalue weighted by atomic mass is 10.0. The van der Waals surface area contributed by atoms with E-state index in [1.165, 1.54) is 0 Å². The molecule has 1 saturated heterocycles. The Bertz CT molecular complexity index is 456. The smallest absolute Gasteiger partial charge is 0.255 e. The van der Waals surface area contributed by atoms with Crippen LogP contribution in [0.3, 0.4) is 0 Å². The molecule has 2 heterocycles. The van der Waals surface area contributed by atoms with Gasteiger partial charge >= 0.3 is 0 Å². The highest BCUT2D eigenvalue weighted by Gasteiger charge is 2.29. The van der Waals surface area contributed by atoms with Crippen LogP contribution in [0.2, 0.25) is 0 Å². The summed E-state index contributed by atoms with van der Waals surface area (Å²) >= 11 is 0. The lowest BCUT2D eigenvalue weighted by Crippen LogP contribution is -2.55. The number of hydrogen-bond donors (Lipinski definition) is 2. The lowest BCUT2D eigenvalue weighted by Gasteiger charge is -2.40. The molecule has 0 unspecified atom stereocenters. The molecule has 0 spiro atoms. The summed E-state index contributed by atoms with van der Waals surface area (Å²) in [5.41, 5.74) is 2.13. The first-order valence-corrected chi connectivity index (χ1v) is 7.04. The molecule has 0 saturated carbocycles. The molecule has 0 atom stereocenters. The van der Waals surface area contributed by atoms with Gasteiger partial charge in [0.25, 0.3) is 5.91 Å². The highest BCUT2D eigenvalue weighted by molar-refractivity contribution is 5.96. The van der Waals surface area contributed by atoms with Crippen molar-refractivity contribution < 1.29 is 9.53 Å². The number of H-pyrrole nitrogens is 1. The van der Waals surface area contributed by atoms with Crippen LogP contribution < -0.4 is 5.32 Å². The highest BCUT2D eigenvalue weighted by atomic mass is 16.5. The molecule has 1 amide bonds. The number of amides is 1. The van der Waals surface area contributed by atoms with Crippen LogP contribution in [0.4, 0.5) is 0 Å². The topological polar surface area (TPSA) is 70.2 Å². The van der Waals surface area contributed by atoms with Gasteiger partial charge in [-0.2, -0.15) is 5.10 Å². The zero-order valence-corrected chi connectivity index (χ0v) is 12.7. The van der Waals surface area contributed by atoms with E-state index in [2.05, 4.69) is 34.3 Å². The molecule has 1 fully saturated rings. The number of ether oxygens (including phenoxy) is 1. The number of hydrogen-bond acceptors (Lipinski definition) is 4. The molecule has 0 bridgehead atoms. The predicted octanol–water partition coefficient (Wildman–Crippen LogP) is 0.867. The second-order valence-electron chi connectivity index (χ2n) is 5.90. The Labute approximate surface area is 119 Å². The van der Waals surface area contributed by atoms with Crippen LogP contribution in [0.5, 0.6) is 0 Å². The molecule has 1 aromatic heterocycles. The second kappa shape index (κ2) is 5.93. The van der Waals surface area contributed by atoms with Gasteiger partial charge < -0.3 is 10.1 Å². The summed E-state index contributed by atoms with van der Waals surface area (Å²) in [5, 5.41) is 9.92. The molecule has 6 heteroatoms. The van der Waals surface area contributed by atoms with E-state index in [0.717, 1.165) is 37.7 Å². The van der Waals surface area contributed by atoms with Gasteiger partial charge in [-0.3, -0.25) is 14.8 Å². The van der Waals surface area contributed by atoms with Crippen molar-refractivity contribution in [3.05, 3.63) is 17.0 Å². The Balaban J connectivity index is 1.95. The van der Waals surface area contributed by atoms with E-state index in [1.54, 1.807) is 0 Å². The number of nitrogens with one attached hydrogen (secondary N) is 2. The lowest BCUT2D eigenvalue weighted by molar-refractivity contribution is -0.00923. The minimum absolute atomic E-state index is 0.0601. The molecule has 6 nitrogen and oxygen atoms in total. The normalized spacial score (nSPS) is 17.2. The van der Waals surface area contributed by atoms with Crippen LogP contribution in [0, 0.1) is 13.8 Å². The Hall–Kier alpha value is -1.40. The van der Waals surface area contributed by atoms with E-state index >= 15 is 0 Å². The number of aromatic amines is 1. The average molecular weight is 280 g/mol. The maximum absolute atomic E-state index is 12.3. The highest BCUT2D eigenvalue weighted by Crippen LogP contribution is 2.16. The minimum Gasteiger partial charge on any atom is -0.379 e. The standard InChI is InChI=1S/C14H24N4O2/c1-10-12(11(2)17-16-10)13(19)15-9-14(3,4)18-5-7-20-8-6-18/h5-9H2,1-4H3,(H,15,19)(H,16,17). The zero-order valence-electron chi connectivity index (χ0n) is 12.7. The van der Waals surface area contributed by atoms with Gasteiger partial charge in [0.2, 0.25) is 0 Å². The summed E-state index contributed by atoms with van der Waals surface area (Å²) in [6, 6.07) is 0. The Morgan fingerprint density at radius 3 is 2.60 bits per heavy atom. The molecule has 1 aromatic rings. The first-order valence-electron chi connectivity index (χ1n) is 7.04. The van der Waals surface area contributed by atoms with Crippen molar-refractivity contribution in [2.75, 3.05) is 32.8 Å². The largest absolute Gasteiger partial charge is 0.379 e. The van der Waals surface area contributed by atoms with E-state index in [-0.39, 0.29) is 11.4 Å². The van der Waals surface area contributed by atoms with E-state index in [4.69, 9.17) is 4.74 Å². The quantitative estimate of drug-likeness (QED) is 0.858. The molecule has 0 aliphatic carbocycles. The number of rotatable bonds is 4. The van der Waals surface area contributed by atoms with Gasteiger partial charge in [0, 0.05) is 30.9 Å². The van der Waals surface area contributed by atoms with Gasteiger partial charge in [-0.1, -0.05) is 0 Å². The Morgan fingerprint density at radius 1 is 1.40 bits per heavy atom. The summed E-state index contributed by atoms with van der Waals surface area (Å²) in [5.74, 6) is -0.0601. The molecule has 2 rings (SSSR count). The van der Waals surface area contributed by atoms with Gasteiger partial charge in [-0.05, 0) is 27.7 Å². The monoisotopic (exact) mass is 280 g/mol. The maximum atomic E-state index is 12.3. The van der Waals surface area contributed by atoms with Crippen LogP contribution >= 0.6 is 0 Å². The average Bonchev–Trinajstić information content (AvgIpc) is 2.77. The molecule has 0 aromatic carbocycles. The second-order valence-corrected chi connectivity index (χ2v) is 5.90. The molecule has 20 heavy (non-hydrogen) atoms. The molecule has 112 valence electrons. The summed E-state index contributed by atoms with van der Waals surface area (Å²) in [7, 11) is 0.